The predicted octanol–water partition coefficient (Wildman–Crippen LogP) is 4.54. The summed E-state index contributed by atoms with van der Waals surface area (Å²) in [6.45, 7) is 3.10. The van der Waals surface area contributed by atoms with Crippen LogP contribution >= 0.6 is 11.6 Å². The van der Waals surface area contributed by atoms with Gasteiger partial charge >= 0.3 is 0 Å². The lowest BCUT2D eigenvalue weighted by molar-refractivity contribution is 0.212. The van der Waals surface area contributed by atoms with Crippen molar-refractivity contribution in [2.45, 2.75) is 32.2 Å². The number of hydrogen-bond donors (Lipinski definition) is 1. The minimum absolute atomic E-state index is 0.340. The summed E-state index contributed by atoms with van der Waals surface area (Å²) in [5.41, 5.74) is 0.816. The van der Waals surface area contributed by atoms with Crippen LogP contribution in [-0.2, 0) is 0 Å². The van der Waals surface area contributed by atoms with Crippen LogP contribution in [0.1, 0.15) is 38.0 Å². The summed E-state index contributed by atoms with van der Waals surface area (Å²) in [6, 6.07) is 8.37. The first-order chi connectivity index (χ1) is 8.79. The Morgan fingerprint density at radius 3 is 2.89 bits per heavy atom. The van der Waals surface area contributed by atoms with Gasteiger partial charge in [-0.15, -0.1) is 0 Å². The second-order valence-corrected chi connectivity index (χ2v) is 5.44. The standard InChI is InChI=1S/C15H18ClNO/c1-2-17-14(10-5-3-6-10)13-9-11-7-4-8-12(16)15(11)18-13/h4,7-10,14,17H,2-3,5-6H2,1H3. The van der Waals surface area contributed by atoms with Gasteiger partial charge in [0.1, 0.15) is 5.76 Å². The molecule has 0 amide bonds. The van der Waals surface area contributed by atoms with Gasteiger partial charge in [0.15, 0.2) is 5.58 Å². The average molecular weight is 264 g/mol. The molecule has 3 heteroatoms. The maximum atomic E-state index is 6.17. The molecule has 1 saturated carbocycles. The molecule has 0 radical (unpaired) electrons. The van der Waals surface area contributed by atoms with E-state index < -0.39 is 0 Å². The SMILES string of the molecule is CCNC(c1cc2cccc(Cl)c2o1)C1CCC1. The van der Waals surface area contributed by atoms with Gasteiger partial charge in [0.05, 0.1) is 11.1 Å². The fourth-order valence-corrected chi connectivity index (χ4v) is 2.91. The monoisotopic (exact) mass is 263 g/mol. The molecular formula is C15H18ClNO. The molecule has 1 heterocycles. The number of rotatable bonds is 4. The summed E-state index contributed by atoms with van der Waals surface area (Å²) in [5.74, 6) is 1.74. The van der Waals surface area contributed by atoms with E-state index in [-0.39, 0.29) is 0 Å². The topological polar surface area (TPSA) is 25.2 Å². The zero-order valence-electron chi connectivity index (χ0n) is 10.6. The van der Waals surface area contributed by atoms with Gasteiger partial charge in [-0.2, -0.15) is 0 Å². The number of furan rings is 1. The Hall–Kier alpha value is -0.990. The zero-order chi connectivity index (χ0) is 12.5. The minimum atomic E-state index is 0.340. The molecule has 2 nitrogen and oxygen atoms in total. The van der Waals surface area contributed by atoms with E-state index in [1.54, 1.807) is 0 Å². The van der Waals surface area contributed by atoms with Crippen LogP contribution in [-0.4, -0.2) is 6.54 Å². The smallest absolute Gasteiger partial charge is 0.152 e. The molecule has 0 aliphatic heterocycles. The molecule has 0 spiro atoms. The van der Waals surface area contributed by atoms with Gasteiger partial charge in [-0.25, -0.2) is 0 Å². The van der Waals surface area contributed by atoms with Crippen LogP contribution in [0.4, 0.5) is 0 Å². The summed E-state index contributed by atoms with van der Waals surface area (Å²) in [4.78, 5) is 0. The normalized spacial score (nSPS) is 17.9. The van der Waals surface area contributed by atoms with Crippen molar-refractivity contribution in [1.29, 1.82) is 0 Å². The highest BCUT2D eigenvalue weighted by Crippen LogP contribution is 2.40. The molecule has 1 aromatic heterocycles. The first-order valence-electron chi connectivity index (χ1n) is 6.71. The Kier molecular flexibility index (Phi) is 3.31. The number of halogens is 1. The Morgan fingerprint density at radius 2 is 2.28 bits per heavy atom. The van der Waals surface area contributed by atoms with Crippen LogP contribution in [0.2, 0.25) is 5.02 Å². The van der Waals surface area contributed by atoms with Crippen molar-refractivity contribution >= 4 is 22.6 Å². The van der Waals surface area contributed by atoms with Crippen LogP contribution in [0.15, 0.2) is 28.7 Å². The van der Waals surface area contributed by atoms with Gasteiger partial charge in [0, 0.05) is 5.39 Å². The Bertz CT molecular complexity index is 544. The first-order valence-corrected chi connectivity index (χ1v) is 7.08. The summed E-state index contributed by atoms with van der Waals surface area (Å²) in [6.07, 6.45) is 3.93. The summed E-state index contributed by atoms with van der Waals surface area (Å²) >= 11 is 6.17. The molecule has 1 fully saturated rings. The fourth-order valence-electron chi connectivity index (χ4n) is 2.69. The second kappa shape index (κ2) is 4.94. The molecule has 18 heavy (non-hydrogen) atoms. The molecule has 1 unspecified atom stereocenters. The molecule has 1 aromatic carbocycles. The van der Waals surface area contributed by atoms with E-state index in [9.17, 15) is 0 Å². The molecule has 1 aliphatic carbocycles. The molecular weight excluding hydrogens is 246 g/mol. The van der Waals surface area contributed by atoms with E-state index in [4.69, 9.17) is 16.0 Å². The third kappa shape index (κ3) is 2.04. The third-order valence-corrected chi connectivity index (χ3v) is 4.16. The zero-order valence-corrected chi connectivity index (χ0v) is 11.3. The van der Waals surface area contributed by atoms with Crippen molar-refractivity contribution in [3.8, 4) is 0 Å². The number of hydrogen-bond acceptors (Lipinski definition) is 2. The molecule has 3 rings (SSSR count). The fraction of sp³-hybridized carbons (Fsp3) is 0.467. The van der Waals surface area contributed by atoms with E-state index in [1.807, 2.05) is 12.1 Å². The Balaban J connectivity index is 1.98. The van der Waals surface area contributed by atoms with Crippen molar-refractivity contribution in [1.82, 2.24) is 5.32 Å². The summed E-state index contributed by atoms with van der Waals surface area (Å²) < 4.78 is 5.98. The van der Waals surface area contributed by atoms with Gasteiger partial charge in [0.25, 0.3) is 0 Å². The highest BCUT2D eigenvalue weighted by molar-refractivity contribution is 6.34. The summed E-state index contributed by atoms with van der Waals surface area (Å²) in [7, 11) is 0. The highest BCUT2D eigenvalue weighted by atomic mass is 35.5. The minimum Gasteiger partial charge on any atom is -0.458 e. The van der Waals surface area contributed by atoms with E-state index in [0.717, 1.165) is 23.3 Å². The van der Waals surface area contributed by atoms with Crippen LogP contribution < -0.4 is 5.32 Å². The van der Waals surface area contributed by atoms with E-state index >= 15 is 0 Å². The Labute approximate surface area is 112 Å². The van der Waals surface area contributed by atoms with Crippen molar-refractivity contribution in [2.24, 2.45) is 5.92 Å². The number of benzene rings is 1. The molecule has 0 bridgehead atoms. The van der Waals surface area contributed by atoms with Gasteiger partial charge in [-0.3, -0.25) is 0 Å². The van der Waals surface area contributed by atoms with Crippen molar-refractivity contribution in [3.63, 3.8) is 0 Å². The molecule has 2 aromatic rings. The second-order valence-electron chi connectivity index (χ2n) is 5.03. The molecule has 1 aliphatic rings. The lowest BCUT2D eigenvalue weighted by Gasteiger charge is -2.32. The number of nitrogens with one attached hydrogen (secondary N) is 1. The third-order valence-electron chi connectivity index (χ3n) is 3.87. The van der Waals surface area contributed by atoms with E-state index in [0.29, 0.717) is 17.0 Å². The lowest BCUT2D eigenvalue weighted by Crippen LogP contribution is -2.31. The van der Waals surface area contributed by atoms with Crippen LogP contribution in [0.5, 0.6) is 0 Å². The average Bonchev–Trinajstić information content (AvgIpc) is 2.71. The van der Waals surface area contributed by atoms with Crippen molar-refractivity contribution in [3.05, 3.63) is 35.0 Å². The predicted molar refractivity (Wildman–Crippen MR) is 75.0 cm³/mol. The highest BCUT2D eigenvalue weighted by Gasteiger charge is 2.30. The van der Waals surface area contributed by atoms with Gasteiger partial charge < -0.3 is 9.73 Å². The maximum absolute atomic E-state index is 6.17. The van der Waals surface area contributed by atoms with Gasteiger partial charge in [0.2, 0.25) is 0 Å². The summed E-state index contributed by atoms with van der Waals surface area (Å²) in [5, 5.41) is 5.34. The van der Waals surface area contributed by atoms with Crippen LogP contribution in [0.25, 0.3) is 11.0 Å². The van der Waals surface area contributed by atoms with E-state index in [1.165, 1.54) is 19.3 Å². The van der Waals surface area contributed by atoms with Crippen molar-refractivity contribution in [2.75, 3.05) is 6.54 Å². The lowest BCUT2D eigenvalue weighted by atomic mass is 9.79. The maximum Gasteiger partial charge on any atom is 0.152 e. The largest absolute Gasteiger partial charge is 0.458 e. The van der Waals surface area contributed by atoms with Gasteiger partial charge in [-0.05, 0) is 37.4 Å². The van der Waals surface area contributed by atoms with Crippen molar-refractivity contribution < 1.29 is 4.42 Å². The first kappa shape index (κ1) is 12.1. The molecule has 0 saturated heterocycles. The quantitative estimate of drug-likeness (QED) is 0.876. The van der Waals surface area contributed by atoms with Crippen LogP contribution in [0.3, 0.4) is 0 Å². The van der Waals surface area contributed by atoms with E-state index in [2.05, 4.69) is 24.4 Å². The van der Waals surface area contributed by atoms with Crippen LogP contribution in [0, 0.1) is 5.92 Å². The van der Waals surface area contributed by atoms with Gasteiger partial charge in [-0.1, -0.05) is 37.1 Å². The number of fused-ring (bicyclic) bond motifs is 1. The number of para-hydroxylation sites is 1. The Morgan fingerprint density at radius 1 is 1.44 bits per heavy atom. The molecule has 96 valence electrons. The molecule has 1 N–H and O–H groups in total. The molecule has 1 atom stereocenters.